The zero-order valence-electron chi connectivity index (χ0n) is 43.2. The molecule has 66 heavy (non-hydrogen) atoms. The van der Waals surface area contributed by atoms with Gasteiger partial charge in [-0.05, 0) is 159 Å². The summed E-state index contributed by atoms with van der Waals surface area (Å²) in [7, 11) is 0. The number of phenols is 1. The Morgan fingerprint density at radius 1 is 0.606 bits per heavy atom. The molecule has 1 N–H and O–H groups in total. The van der Waals surface area contributed by atoms with Crippen LogP contribution >= 0.6 is 0 Å². The van der Waals surface area contributed by atoms with E-state index in [2.05, 4.69) is 120 Å². The van der Waals surface area contributed by atoms with Crippen LogP contribution in [0.3, 0.4) is 0 Å². The molecule has 0 unspecified atom stereocenters. The number of aromatic nitrogens is 3. The molecule has 9 aromatic rings. The van der Waals surface area contributed by atoms with Crippen molar-refractivity contribution in [2.24, 2.45) is 0 Å². The Labute approximate surface area is 411 Å². The fourth-order valence-electron chi connectivity index (χ4n) is 9.18. The Morgan fingerprint density at radius 3 is 1.97 bits per heavy atom. The Bertz CT molecular complexity index is 3400. The Kier molecular flexibility index (Phi) is 11.5. The van der Waals surface area contributed by atoms with Crippen LogP contribution in [-0.2, 0) is 26.5 Å². The van der Waals surface area contributed by atoms with Gasteiger partial charge in [0.05, 0.1) is 28.0 Å². The molecule has 0 radical (unpaired) electrons. The van der Waals surface area contributed by atoms with E-state index in [0.717, 1.165) is 72.5 Å². The summed E-state index contributed by atoms with van der Waals surface area (Å²) >= 11 is 0. The van der Waals surface area contributed by atoms with Gasteiger partial charge in [-0.2, -0.15) is 0 Å². The molecular formula is C61H59N3OPt. The number of phenolic OH excluding ortho intramolecular Hbond substituents is 1. The van der Waals surface area contributed by atoms with Crippen molar-refractivity contribution in [3.63, 3.8) is 0 Å². The first-order valence-electron chi connectivity index (χ1n) is 24.6. The van der Waals surface area contributed by atoms with Gasteiger partial charge in [-0.3, -0.25) is 9.55 Å². The second kappa shape index (κ2) is 18.5. The van der Waals surface area contributed by atoms with Crippen LogP contribution in [0.4, 0.5) is 0 Å². The number of aryl methyl sites for hydroxylation is 3. The van der Waals surface area contributed by atoms with Crippen LogP contribution in [0.5, 0.6) is 5.75 Å². The summed E-state index contributed by atoms with van der Waals surface area (Å²) < 4.78 is 38.2. The van der Waals surface area contributed by atoms with Crippen LogP contribution in [0.1, 0.15) is 99.1 Å². The van der Waals surface area contributed by atoms with E-state index in [-0.39, 0.29) is 43.7 Å². The van der Waals surface area contributed by atoms with Crippen LogP contribution in [0.2, 0.25) is 0 Å². The van der Waals surface area contributed by atoms with E-state index in [0.29, 0.717) is 33.7 Å². The Hall–Kier alpha value is -6.35. The van der Waals surface area contributed by atoms with Crippen LogP contribution in [0.15, 0.2) is 158 Å². The van der Waals surface area contributed by atoms with Crippen molar-refractivity contribution in [3.8, 4) is 78.6 Å². The molecule has 2 heterocycles. The maximum Gasteiger partial charge on any atom is 0.149 e. The minimum Gasteiger partial charge on any atom is -0.507 e. The normalized spacial score (nSPS) is 12.9. The first kappa shape index (κ1) is 41.1. The monoisotopic (exact) mass is 1050 g/mol. The fourth-order valence-corrected chi connectivity index (χ4v) is 9.18. The Morgan fingerprint density at radius 2 is 1.27 bits per heavy atom. The summed E-state index contributed by atoms with van der Waals surface area (Å²) in [5, 5.41) is 11.8. The van der Waals surface area contributed by atoms with Gasteiger partial charge in [-0.15, -0.1) is 0 Å². The smallest absolute Gasteiger partial charge is 0.149 e. The van der Waals surface area contributed by atoms with Gasteiger partial charge in [0.15, 0.2) is 0 Å². The minimum atomic E-state index is -2.55. The Balaban J connectivity index is 0.00000659. The van der Waals surface area contributed by atoms with Gasteiger partial charge in [-0.25, -0.2) is 4.98 Å². The van der Waals surface area contributed by atoms with E-state index in [4.69, 9.17) is 15.5 Å². The second-order valence-corrected chi connectivity index (χ2v) is 19.0. The molecule has 0 saturated heterocycles. The van der Waals surface area contributed by atoms with Crippen molar-refractivity contribution in [2.45, 2.75) is 86.4 Å². The van der Waals surface area contributed by atoms with Gasteiger partial charge in [0.1, 0.15) is 11.6 Å². The first-order chi connectivity index (χ1) is 32.7. The predicted molar refractivity (Wildman–Crippen MR) is 274 cm³/mol. The summed E-state index contributed by atoms with van der Waals surface area (Å²) in [5.74, 6) is -0.308. The number of para-hydroxylation sites is 1. The molecular weight excluding hydrogens is 986 g/mol. The van der Waals surface area contributed by atoms with Gasteiger partial charge in [0.25, 0.3) is 0 Å². The molecule has 0 amide bonds. The third kappa shape index (κ3) is 8.84. The van der Waals surface area contributed by atoms with Gasteiger partial charge in [-0.1, -0.05) is 152 Å². The van der Waals surface area contributed by atoms with Crippen LogP contribution < -0.4 is 0 Å². The van der Waals surface area contributed by atoms with E-state index in [1.165, 1.54) is 5.56 Å². The summed E-state index contributed by atoms with van der Waals surface area (Å²) in [6.07, 6.45) is 1.87. The molecule has 5 heteroatoms. The third-order valence-electron chi connectivity index (χ3n) is 12.6. The SMILES string of the molecule is [2H]C([2H])([2H])c1cc(-c2c(C(C)C)cccc2C([2H])(C)C)ccc1-n1c(-c2cc(C)cc(C)c2O)nc2c(-c3cc(-c4cc(-c5ccc(-c6ccccc6)cc5)ccn4)cc(C(C)(C)C)c3)cccc21.[Pt]. The topological polar surface area (TPSA) is 50.9 Å². The molecule has 0 saturated carbocycles. The summed E-state index contributed by atoms with van der Waals surface area (Å²) in [5.41, 5.74) is 16.5. The molecule has 334 valence electrons. The van der Waals surface area contributed by atoms with E-state index in [9.17, 15) is 5.11 Å². The van der Waals surface area contributed by atoms with Crippen molar-refractivity contribution < 1.29 is 31.7 Å². The summed E-state index contributed by atoms with van der Waals surface area (Å²) in [6, 6.07) is 51.3. The van der Waals surface area contributed by atoms with Crippen LogP contribution in [-0.4, -0.2) is 19.6 Å². The number of hydrogen-bond acceptors (Lipinski definition) is 3. The van der Waals surface area contributed by atoms with Crippen molar-refractivity contribution in [2.75, 3.05) is 0 Å². The number of aromatic hydroxyl groups is 1. The van der Waals surface area contributed by atoms with Crippen molar-refractivity contribution in [1.29, 1.82) is 0 Å². The zero-order valence-corrected chi connectivity index (χ0v) is 41.5. The maximum absolute atomic E-state index is 11.8. The molecule has 0 bridgehead atoms. The van der Waals surface area contributed by atoms with E-state index in [1.54, 1.807) is 6.07 Å². The zero-order chi connectivity index (χ0) is 49.2. The minimum absolute atomic E-state index is 0. The number of hydrogen-bond donors (Lipinski definition) is 1. The average molecular weight is 1050 g/mol. The number of benzene rings is 7. The molecule has 0 spiro atoms. The third-order valence-corrected chi connectivity index (χ3v) is 12.6. The molecule has 9 rings (SSSR count). The van der Waals surface area contributed by atoms with Gasteiger partial charge in [0, 0.05) is 43.9 Å². The molecule has 4 nitrogen and oxygen atoms in total. The molecule has 0 aliphatic rings. The van der Waals surface area contributed by atoms with Crippen LogP contribution in [0, 0.1) is 20.7 Å². The number of fused-ring (bicyclic) bond motifs is 1. The standard InChI is InChI=1S/C61H59N3O.Pt/c1-37(2)50-18-14-19-51(38(3)4)57(50)46-26-27-55(40(6)32-46)64-56-21-15-20-52(58(56)63-60(64)53-31-39(5)30-41(7)59(53)65)47-33-48(35-49(34-47)61(8,9)10)54-36-45(28-29-62-54)44-24-22-43(23-25-44)42-16-12-11-13-17-42;/h11-38,65H,1-10H3;/i6D3,37D;. The van der Waals surface area contributed by atoms with Gasteiger partial charge < -0.3 is 5.11 Å². The van der Waals surface area contributed by atoms with E-state index < -0.39 is 12.7 Å². The van der Waals surface area contributed by atoms with Crippen molar-refractivity contribution >= 4 is 11.0 Å². The quantitative estimate of drug-likeness (QED) is 0.157. The predicted octanol–water partition coefficient (Wildman–Crippen LogP) is 16.6. The largest absolute Gasteiger partial charge is 0.507 e. The average Bonchev–Trinajstić information content (AvgIpc) is 3.71. The molecule has 0 aliphatic carbocycles. The summed E-state index contributed by atoms with van der Waals surface area (Å²) in [6.45, 7) is 15.9. The number of pyridine rings is 1. The fraction of sp³-hybridized carbons (Fsp3) is 0.213. The summed E-state index contributed by atoms with van der Waals surface area (Å²) in [4.78, 5) is 10.4. The molecule has 0 atom stereocenters. The molecule has 0 aliphatic heterocycles. The van der Waals surface area contributed by atoms with Gasteiger partial charge in [0.2, 0.25) is 0 Å². The first-order valence-corrected chi connectivity index (χ1v) is 22.6. The molecule has 2 aromatic heterocycles. The molecule has 7 aromatic carbocycles. The van der Waals surface area contributed by atoms with Gasteiger partial charge >= 0.3 is 0 Å². The second-order valence-electron chi connectivity index (χ2n) is 19.0. The maximum atomic E-state index is 11.8. The number of rotatable bonds is 9. The van der Waals surface area contributed by atoms with E-state index >= 15 is 0 Å². The van der Waals surface area contributed by atoms with Crippen LogP contribution in [0.25, 0.3) is 83.9 Å². The van der Waals surface area contributed by atoms with E-state index in [1.807, 2.05) is 99.1 Å². The molecule has 0 fully saturated rings. The van der Waals surface area contributed by atoms with Crippen molar-refractivity contribution in [3.05, 3.63) is 191 Å². The number of nitrogens with zero attached hydrogens (tertiary/aromatic N) is 3. The van der Waals surface area contributed by atoms with Crippen molar-refractivity contribution in [1.82, 2.24) is 14.5 Å². The number of imidazole rings is 1.